The number of hydrazone groups is 1. The molecule has 0 fully saturated rings. The molecule has 52 valence electrons. The number of nitrogens with one attached hydrogen (secondary N) is 1. The van der Waals surface area contributed by atoms with Crippen molar-refractivity contribution >= 4 is 5.71 Å². The van der Waals surface area contributed by atoms with Crippen LogP contribution in [-0.4, -0.2) is 11.8 Å². The lowest BCUT2D eigenvalue weighted by Gasteiger charge is -2.03. The largest absolute Gasteiger partial charge is 0.304 e. The molecule has 0 radical (unpaired) electrons. The van der Waals surface area contributed by atoms with Crippen LogP contribution in [0.5, 0.6) is 0 Å². The summed E-state index contributed by atoms with van der Waals surface area (Å²) < 4.78 is 0. The standard InChI is InChI=1S/C7H14N2/c1-5-7(4)9-8-6(2)3/h5,7,9H,1H2,2-4H3. The Morgan fingerprint density at radius 1 is 1.67 bits per heavy atom. The van der Waals surface area contributed by atoms with Gasteiger partial charge in [0.05, 0.1) is 6.04 Å². The van der Waals surface area contributed by atoms with Gasteiger partial charge in [-0.15, -0.1) is 6.58 Å². The molecule has 0 saturated heterocycles. The summed E-state index contributed by atoms with van der Waals surface area (Å²) in [6.45, 7) is 9.50. The van der Waals surface area contributed by atoms with Crippen molar-refractivity contribution in [3.05, 3.63) is 12.7 Å². The second-order valence-electron chi connectivity index (χ2n) is 2.21. The lowest BCUT2D eigenvalue weighted by atomic mass is 10.4. The third-order valence-corrected chi connectivity index (χ3v) is 0.845. The minimum Gasteiger partial charge on any atom is -0.304 e. The van der Waals surface area contributed by atoms with Crippen LogP contribution in [0.3, 0.4) is 0 Å². The summed E-state index contributed by atoms with van der Waals surface area (Å²) >= 11 is 0. The van der Waals surface area contributed by atoms with Gasteiger partial charge in [-0.05, 0) is 20.8 Å². The zero-order valence-corrected chi connectivity index (χ0v) is 6.31. The molecule has 9 heavy (non-hydrogen) atoms. The highest BCUT2D eigenvalue weighted by Gasteiger charge is 1.87. The van der Waals surface area contributed by atoms with E-state index in [1.807, 2.05) is 26.8 Å². The molecule has 2 heteroatoms. The summed E-state index contributed by atoms with van der Waals surface area (Å²) in [5.41, 5.74) is 3.93. The molecule has 0 rings (SSSR count). The molecule has 0 aromatic rings. The number of hydrogen-bond donors (Lipinski definition) is 1. The second kappa shape index (κ2) is 4.13. The lowest BCUT2D eigenvalue weighted by molar-refractivity contribution is 0.672. The van der Waals surface area contributed by atoms with Crippen LogP contribution < -0.4 is 5.43 Å². The van der Waals surface area contributed by atoms with Gasteiger partial charge in [0.15, 0.2) is 0 Å². The summed E-state index contributed by atoms with van der Waals surface area (Å²) in [6.07, 6.45) is 1.81. The van der Waals surface area contributed by atoms with Crippen LogP contribution in [0.4, 0.5) is 0 Å². The molecule has 0 aliphatic heterocycles. The first-order valence-electron chi connectivity index (χ1n) is 3.05. The SMILES string of the molecule is C=CC(C)NN=C(C)C. The second-order valence-corrected chi connectivity index (χ2v) is 2.21. The van der Waals surface area contributed by atoms with Crippen molar-refractivity contribution in [3.8, 4) is 0 Å². The predicted octanol–water partition coefficient (Wildman–Crippen LogP) is 1.55. The van der Waals surface area contributed by atoms with Gasteiger partial charge < -0.3 is 5.43 Å². The van der Waals surface area contributed by atoms with Crippen molar-refractivity contribution < 1.29 is 0 Å². The highest BCUT2D eigenvalue weighted by molar-refractivity contribution is 5.78. The van der Waals surface area contributed by atoms with Gasteiger partial charge in [0.1, 0.15) is 0 Å². The lowest BCUT2D eigenvalue weighted by Crippen LogP contribution is -2.18. The van der Waals surface area contributed by atoms with Crippen molar-refractivity contribution in [2.45, 2.75) is 26.8 Å². The molecule has 0 spiro atoms. The molecule has 0 saturated carbocycles. The molecule has 2 nitrogen and oxygen atoms in total. The molecule has 1 atom stereocenters. The van der Waals surface area contributed by atoms with E-state index in [0.29, 0.717) is 0 Å². The quantitative estimate of drug-likeness (QED) is 0.346. The Hall–Kier alpha value is -0.790. The van der Waals surface area contributed by atoms with Crippen LogP contribution in [0, 0.1) is 0 Å². The summed E-state index contributed by atoms with van der Waals surface area (Å²) in [5.74, 6) is 0. The van der Waals surface area contributed by atoms with Crippen LogP contribution >= 0.6 is 0 Å². The minimum atomic E-state index is 0.264. The molecule has 0 aliphatic rings. The van der Waals surface area contributed by atoms with Crippen molar-refractivity contribution in [1.29, 1.82) is 0 Å². The van der Waals surface area contributed by atoms with Gasteiger partial charge in [0.2, 0.25) is 0 Å². The van der Waals surface area contributed by atoms with Crippen molar-refractivity contribution in [1.82, 2.24) is 5.43 Å². The number of nitrogens with zero attached hydrogens (tertiary/aromatic N) is 1. The fourth-order valence-corrected chi connectivity index (χ4v) is 0.284. The molecular weight excluding hydrogens is 112 g/mol. The molecule has 0 amide bonds. The van der Waals surface area contributed by atoms with Crippen LogP contribution in [0.15, 0.2) is 17.8 Å². The molecule has 0 bridgehead atoms. The van der Waals surface area contributed by atoms with Gasteiger partial charge in [0, 0.05) is 5.71 Å². The van der Waals surface area contributed by atoms with Gasteiger partial charge in [-0.2, -0.15) is 5.10 Å². The average molecular weight is 126 g/mol. The number of rotatable bonds is 3. The van der Waals surface area contributed by atoms with E-state index in [1.165, 1.54) is 0 Å². The van der Waals surface area contributed by atoms with E-state index < -0.39 is 0 Å². The third-order valence-electron chi connectivity index (χ3n) is 0.845. The molecule has 1 N–H and O–H groups in total. The Balaban J connectivity index is 3.49. The maximum Gasteiger partial charge on any atom is 0.0589 e. The number of hydrogen-bond acceptors (Lipinski definition) is 2. The highest BCUT2D eigenvalue weighted by atomic mass is 15.3. The van der Waals surface area contributed by atoms with Crippen LogP contribution in [0.25, 0.3) is 0 Å². The summed E-state index contributed by atoms with van der Waals surface area (Å²) in [6, 6.07) is 0.264. The van der Waals surface area contributed by atoms with E-state index in [0.717, 1.165) is 5.71 Å². The van der Waals surface area contributed by atoms with Gasteiger partial charge in [0.25, 0.3) is 0 Å². The molecule has 0 heterocycles. The van der Waals surface area contributed by atoms with E-state index in [1.54, 1.807) is 0 Å². The zero-order valence-electron chi connectivity index (χ0n) is 6.31. The van der Waals surface area contributed by atoms with Crippen molar-refractivity contribution in [2.24, 2.45) is 5.10 Å². The van der Waals surface area contributed by atoms with Gasteiger partial charge >= 0.3 is 0 Å². The zero-order chi connectivity index (χ0) is 7.28. The first-order chi connectivity index (χ1) is 4.16. The van der Waals surface area contributed by atoms with Crippen LogP contribution in [0.1, 0.15) is 20.8 Å². The van der Waals surface area contributed by atoms with Crippen LogP contribution in [-0.2, 0) is 0 Å². The summed E-state index contributed by atoms with van der Waals surface area (Å²) in [4.78, 5) is 0. The van der Waals surface area contributed by atoms with Gasteiger partial charge in [-0.1, -0.05) is 6.08 Å². The Morgan fingerprint density at radius 3 is 2.56 bits per heavy atom. The monoisotopic (exact) mass is 126 g/mol. The summed E-state index contributed by atoms with van der Waals surface area (Å²) in [5, 5.41) is 3.99. The van der Waals surface area contributed by atoms with Gasteiger partial charge in [-0.3, -0.25) is 0 Å². The molecular formula is C7H14N2. The Morgan fingerprint density at radius 2 is 2.22 bits per heavy atom. The minimum absolute atomic E-state index is 0.264. The fraction of sp³-hybridized carbons (Fsp3) is 0.571. The Bertz CT molecular complexity index is 112. The first kappa shape index (κ1) is 8.21. The average Bonchev–Trinajstić information content (AvgIpc) is 1.83. The van der Waals surface area contributed by atoms with Crippen molar-refractivity contribution in [2.75, 3.05) is 0 Å². The topological polar surface area (TPSA) is 24.4 Å². The van der Waals surface area contributed by atoms with Crippen molar-refractivity contribution in [3.63, 3.8) is 0 Å². The first-order valence-corrected chi connectivity index (χ1v) is 3.05. The maximum absolute atomic E-state index is 3.99. The predicted molar refractivity (Wildman–Crippen MR) is 41.6 cm³/mol. The van der Waals surface area contributed by atoms with E-state index in [9.17, 15) is 0 Å². The van der Waals surface area contributed by atoms with E-state index in [4.69, 9.17) is 0 Å². The fourth-order valence-electron chi connectivity index (χ4n) is 0.284. The van der Waals surface area contributed by atoms with E-state index >= 15 is 0 Å². The molecule has 1 unspecified atom stereocenters. The normalized spacial score (nSPS) is 11.9. The molecule has 0 aliphatic carbocycles. The highest BCUT2D eigenvalue weighted by Crippen LogP contribution is 1.80. The Kier molecular flexibility index (Phi) is 3.76. The molecule has 0 aromatic carbocycles. The van der Waals surface area contributed by atoms with Gasteiger partial charge in [-0.25, -0.2) is 0 Å². The smallest absolute Gasteiger partial charge is 0.0589 e. The summed E-state index contributed by atoms with van der Waals surface area (Å²) in [7, 11) is 0. The van der Waals surface area contributed by atoms with E-state index in [-0.39, 0.29) is 6.04 Å². The Labute approximate surface area is 56.7 Å². The maximum atomic E-state index is 3.99. The van der Waals surface area contributed by atoms with E-state index in [2.05, 4.69) is 17.1 Å². The molecule has 0 aromatic heterocycles. The third kappa shape index (κ3) is 5.07. The van der Waals surface area contributed by atoms with Crippen LogP contribution in [0.2, 0.25) is 0 Å².